The van der Waals surface area contributed by atoms with Gasteiger partial charge in [0.1, 0.15) is 23.4 Å². The van der Waals surface area contributed by atoms with Gasteiger partial charge in [-0.3, -0.25) is 0 Å². The minimum absolute atomic E-state index is 0.274. The number of aliphatic hydroxyl groups excluding tert-OH is 1. The molecule has 1 unspecified atom stereocenters. The van der Waals surface area contributed by atoms with E-state index in [0.29, 0.717) is 17.3 Å². The molecule has 20 heavy (non-hydrogen) atoms. The molecule has 110 valence electrons. The maximum Gasteiger partial charge on any atom is 0.120 e. The van der Waals surface area contributed by atoms with Crippen LogP contribution in [-0.4, -0.2) is 47.8 Å². The van der Waals surface area contributed by atoms with E-state index in [1.807, 2.05) is 25.2 Å². The van der Waals surface area contributed by atoms with Gasteiger partial charge in [0.2, 0.25) is 0 Å². The summed E-state index contributed by atoms with van der Waals surface area (Å²) in [5.74, 6) is 1.51. The van der Waals surface area contributed by atoms with Gasteiger partial charge >= 0.3 is 0 Å². The predicted molar refractivity (Wildman–Crippen MR) is 84.1 cm³/mol. The first kappa shape index (κ1) is 15.2. The molecule has 1 saturated carbocycles. The number of nitrogens with two attached hydrogens (primary N) is 1. The molecule has 1 atom stereocenters. The molecule has 0 spiro atoms. The number of rotatable bonds is 8. The Bertz CT molecular complexity index is 463. The van der Waals surface area contributed by atoms with E-state index in [0.717, 1.165) is 18.0 Å². The highest BCUT2D eigenvalue weighted by Gasteiger charge is 2.23. The number of likely N-dealkylation sites (N-methyl/N-ethyl adjacent to an activating group) is 1. The van der Waals surface area contributed by atoms with Gasteiger partial charge in [-0.15, -0.1) is 0 Å². The maximum atomic E-state index is 9.98. The van der Waals surface area contributed by atoms with E-state index in [1.54, 1.807) is 6.07 Å². The summed E-state index contributed by atoms with van der Waals surface area (Å²) in [6.07, 6.45) is 2.15. The summed E-state index contributed by atoms with van der Waals surface area (Å²) in [5.41, 5.74) is 6.35. The van der Waals surface area contributed by atoms with Crippen LogP contribution in [0.2, 0.25) is 0 Å². The fourth-order valence-corrected chi connectivity index (χ4v) is 2.29. The molecule has 5 heteroatoms. The molecule has 0 amide bonds. The number of aliphatic hydroxyl groups is 1. The Morgan fingerprint density at radius 3 is 2.95 bits per heavy atom. The molecule has 0 aliphatic heterocycles. The molecular weight excluding hydrogens is 272 g/mol. The highest BCUT2D eigenvalue weighted by Crippen LogP contribution is 2.29. The van der Waals surface area contributed by atoms with E-state index >= 15 is 0 Å². The van der Waals surface area contributed by atoms with Crippen LogP contribution in [0.1, 0.15) is 18.4 Å². The summed E-state index contributed by atoms with van der Waals surface area (Å²) >= 11 is 4.93. The van der Waals surface area contributed by atoms with Crippen LogP contribution < -0.4 is 10.5 Å². The third kappa shape index (κ3) is 5.07. The fraction of sp³-hybridized carbons (Fsp3) is 0.533. The van der Waals surface area contributed by atoms with Crippen LogP contribution in [0, 0.1) is 5.92 Å². The largest absolute Gasteiger partial charge is 0.491 e. The van der Waals surface area contributed by atoms with Crippen LogP contribution in [0.25, 0.3) is 0 Å². The molecule has 0 radical (unpaired) electrons. The Hall–Kier alpha value is -1.17. The van der Waals surface area contributed by atoms with Crippen molar-refractivity contribution in [1.82, 2.24) is 4.90 Å². The first-order chi connectivity index (χ1) is 9.54. The van der Waals surface area contributed by atoms with Crippen molar-refractivity contribution < 1.29 is 9.84 Å². The first-order valence-electron chi connectivity index (χ1n) is 6.94. The number of ether oxygens (including phenoxy) is 1. The third-order valence-electron chi connectivity index (χ3n) is 3.35. The quantitative estimate of drug-likeness (QED) is 0.710. The summed E-state index contributed by atoms with van der Waals surface area (Å²) in [5, 5.41) is 9.98. The summed E-state index contributed by atoms with van der Waals surface area (Å²) in [7, 11) is 2.04. The van der Waals surface area contributed by atoms with Gasteiger partial charge in [-0.1, -0.05) is 24.4 Å². The molecule has 1 aliphatic carbocycles. The molecule has 1 aromatic rings. The van der Waals surface area contributed by atoms with Gasteiger partial charge in [0, 0.05) is 18.7 Å². The number of thiocarbonyl (C=S) groups is 1. The first-order valence-corrected chi connectivity index (χ1v) is 7.34. The van der Waals surface area contributed by atoms with E-state index < -0.39 is 6.10 Å². The zero-order valence-electron chi connectivity index (χ0n) is 11.8. The van der Waals surface area contributed by atoms with Gasteiger partial charge in [0.05, 0.1) is 0 Å². The molecule has 2 rings (SSSR count). The second kappa shape index (κ2) is 7.02. The van der Waals surface area contributed by atoms with Gasteiger partial charge in [-0.2, -0.15) is 0 Å². The fourth-order valence-electron chi connectivity index (χ4n) is 2.16. The number of nitrogens with zero attached hydrogens (tertiary/aromatic N) is 1. The lowest BCUT2D eigenvalue weighted by Gasteiger charge is -2.20. The average molecular weight is 294 g/mol. The normalized spacial score (nSPS) is 16.1. The Morgan fingerprint density at radius 2 is 2.30 bits per heavy atom. The van der Waals surface area contributed by atoms with E-state index in [-0.39, 0.29) is 6.61 Å². The van der Waals surface area contributed by atoms with Crippen LogP contribution in [0.4, 0.5) is 0 Å². The lowest BCUT2D eigenvalue weighted by atomic mass is 10.2. The van der Waals surface area contributed by atoms with Crippen LogP contribution in [-0.2, 0) is 0 Å². The second-order valence-electron chi connectivity index (χ2n) is 5.52. The monoisotopic (exact) mass is 294 g/mol. The van der Waals surface area contributed by atoms with E-state index in [9.17, 15) is 5.11 Å². The number of hydrogen-bond donors (Lipinski definition) is 2. The van der Waals surface area contributed by atoms with Crippen LogP contribution in [0.15, 0.2) is 24.3 Å². The summed E-state index contributed by atoms with van der Waals surface area (Å²) in [6, 6.07) is 7.32. The number of hydrogen-bond acceptors (Lipinski definition) is 4. The van der Waals surface area contributed by atoms with Crippen molar-refractivity contribution in [2.45, 2.75) is 18.9 Å². The van der Waals surface area contributed by atoms with Crippen LogP contribution in [0.5, 0.6) is 5.75 Å². The van der Waals surface area contributed by atoms with Gasteiger partial charge in [0.15, 0.2) is 0 Å². The Labute approximate surface area is 125 Å². The highest BCUT2D eigenvalue weighted by molar-refractivity contribution is 7.80. The van der Waals surface area contributed by atoms with Gasteiger partial charge in [-0.25, -0.2) is 0 Å². The zero-order valence-corrected chi connectivity index (χ0v) is 12.6. The molecule has 0 aromatic heterocycles. The van der Waals surface area contributed by atoms with Crippen LogP contribution in [0.3, 0.4) is 0 Å². The van der Waals surface area contributed by atoms with E-state index in [4.69, 9.17) is 22.7 Å². The van der Waals surface area contributed by atoms with E-state index in [1.165, 1.54) is 12.8 Å². The molecular formula is C15H22N2O2S. The molecule has 1 aromatic carbocycles. The highest BCUT2D eigenvalue weighted by atomic mass is 32.1. The average Bonchev–Trinajstić information content (AvgIpc) is 3.20. The SMILES string of the molecule is CN(CC(O)COc1cccc(C(N)=S)c1)CC1CC1. The van der Waals surface area contributed by atoms with Gasteiger partial charge in [0.25, 0.3) is 0 Å². The lowest BCUT2D eigenvalue weighted by molar-refractivity contribution is 0.0751. The Balaban J connectivity index is 1.75. The molecule has 0 saturated heterocycles. The van der Waals surface area contributed by atoms with Gasteiger partial charge in [-0.05, 0) is 37.9 Å². The molecule has 3 N–H and O–H groups in total. The molecule has 0 heterocycles. The minimum atomic E-state index is -0.493. The van der Waals surface area contributed by atoms with Crippen molar-refractivity contribution in [2.24, 2.45) is 11.7 Å². The van der Waals surface area contributed by atoms with Crippen molar-refractivity contribution in [2.75, 3.05) is 26.7 Å². The smallest absolute Gasteiger partial charge is 0.120 e. The molecule has 4 nitrogen and oxygen atoms in total. The Morgan fingerprint density at radius 1 is 1.55 bits per heavy atom. The molecule has 1 fully saturated rings. The molecule has 1 aliphatic rings. The van der Waals surface area contributed by atoms with Crippen molar-refractivity contribution in [3.05, 3.63) is 29.8 Å². The summed E-state index contributed by atoms with van der Waals surface area (Å²) in [6.45, 7) is 1.97. The summed E-state index contributed by atoms with van der Waals surface area (Å²) < 4.78 is 5.59. The molecule has 0 bridgehead atoms. The standard InChI is InChI=1S/C15H22N2O2S/c1-17(8-11-5-6-11)9-13(18)10-19-14-4-2-3-12(7-14)15(16)20/h2-4,7,11,13,18H,5-6,8-10H2,1H3,(H2,16,20). The predicted octanol–water partition coefficient (Wildman–Crippen LogP) is 1.40. The second-order valence-corrected chi connectivity index (χ2v) is 5.96. The van der Waals surface area contributed by atoms with Crippen molar-refractivity contribution in [3.8, 4) is 5.75 Å². The maximum absolute atomic E-state index is 9.98. The van der Waals surface area contributed by atoms with Crippen molar-refractivity contribution >= 4 is 17.2 Å². The summed E-state index contributed by atoms with van der Waals surface area (Å²) in [4.78, 5) is 2.51. The zero-order chi connectivity index (χ0) is 14.5. The van der Waals surface area contributed by atoms with Crippen molar-refractivity contribution in [1.29, 1.82) is 0 Å². The minimum Gasteiger partial charge on any atom is -0.491 e. The third-order valence-corrected chi connectivity index (χ3v) is 3.59. The number of benzene rings is 1. The van der Waals surface area contributed by atoms with E-state index in [2.05, 4.69) is 4.90 Å². The van der Waals surface area contributed by atoms with Crippen LogP contribution >= 0.6 is 12.2 Å². The topological polar surface area (TPSA) is 58.7 Å². The lowest BCUT2D eigenvalue weighted by Crippen LogP contribution is -2.34. The Kier molecular flexibility index (Phi) is 5.34. The van der Waals surface area contributed by atoms with Gasteiger partial charge < -0.3 is 20.5 Å². The van der Waals surface area contributed by atoms with Crippen molar-refractivity contribution in [3.63, 3.8) is 0 Å².